The molecule has 0 aliphatic carbocycles. The molecule has 4 aliphatic heterocycles. The van der Waals surface area contributed by atoms with Gasteiger partial charge in [0.25, 0.3) is 5.17 Å². The number of ether oxygens (including phenoxy) is 1. The molecule has 0 bridgehead atoms. The van der Waals surface area contributed by atoms with Crippen molar-refractivity contribution in [2.45, 2.75) is 34.7 Å². The second kappa shape index (κ2) is 6.94. The fourth-order valence-corrected chi connectivity index (χ4v) is 8.93. The topological polar surface area (TPSA) is 77.1 Å². The first-order chi connectivity index (χ1) is 13.6. The molecule has 3 N–H and O–H groups in total. The van der Waals surface area contributed by atoms with Gasteiger partial charge in [0.05, 0.1) is 18.7 Å². The molecule has 3 unspecified atom stereocenters. The summed E-state index contributed by atoms with van der Waals surface area (Å²) >= 11 is 9.50. The van der Waals surface area contributed by atoms with Gasteiger partial charge >= 0.3 is 6.03 Å². The summed E-state index contributed by atoms with van der Waals surface area (Å²) in [5.41, 5.74) is -0.628. The lowest BCUT2D eigenvalue weighted by Crippen LogP contribution is -2.66. The molecule has 3 atom stereocenters. The minimum absolute atomic E-state index is 0.130. The number of aliphatic hydroxyl groups is 1. The normalized spacial score (nSPS) is 33.3. The van der Waals surface area contributed by atoms with Crippen molar-refractivity contribution in [3.63, 3.8) is 0 Å². The van der Waals surface area contributed by atoms with Gasteiger partial charge in [-0.25, -0.2) is 4.79 Å². The molecule has 4 saturated heterocycles. The summed E-state index contributed by atoms with van der Waals surface area (Å²) in [5, 5.41) is 20.8. The highest BCUT2D eigenvalue weighted by molar-refractivity contribution is 8.19. The summed E-state index contributed by atoms with van der Waals surface area (Å²) in [6.45, 7) is 0.613. The van der Waals surface area contributed by atoms with Gasteiger partial charge in [0.1, 0.15) is 9.83 Å². The number of hydrazine groups is 1. The van der Waals surface area contributed by atoms with Crippen LogP contribution in [-0.4, -0.2) is 72.8 Å². The monoisotopic (exact) mass is 438 g/mol. The second-order valence-electron chi connectivity index (χ2n) is 7.29. The lowest BCUT2D eigenvalue weighted by Gasteiger charge is -2.46. The zero-order valence-corrected chi connectivity index (χ0v) is 17.6. The van der Waals surface area contributed by atoms with Crippen molar-refractivity contribution in [3.05, 3.63) is 30.3 Å². The van der Waals surface area contributed by atoms with Gasteiger partial charge in [0.2, 0.25) is 0 Å². The number of benzene rings is 1. The van der Waals surface area contributed by atoms with E-state index >= 15 is 0 Å². The van der Waals surface area contributed by atoms with Crippen molar-refractivity contribution >= 4 is 46.9 Å². The number of hydrogen-bond donors (Lipinski definition) is 3. The van der Waals surface area contributed by atoms with Crippen LogP contribution < -0.4 is 15.4 Å². The number of carbonyl (C=O) groups excluding carboxylic acids is 1. The fourth-order valence-electron chi connectivity index (χ4n) is 4.87. The van der Waals surface area contributed by atoms with Gasteiger partial charge in [0, 0.05) is 6.54 Å². The molecule has 4 aliphatic rings. The van der Waals surface area contributed by atoms with Crippen molar-refractivity contribution in [2.75, 3.05) is 24.7 Å². The molecule has 2 amide bonds. The molecule has 0 aromatic heterocycles. The number of hydrogen-bond acceptors (Lipinski definition) is 7. The SMILES string of the molecule is O=C1NC2C(CO)N(C(=S)Oc3ccccc3)N3CCC4(SCCCS4)C23N1. The van der Waals surface area contributed by atoms with Gasteiger partial charge < -0.3 is 20.5 Å². The number of nitrogens with zero attached hydrogens (tertiary/aromatic N) is 2. The quantitative estimate of drug-likeness (QED) is 0.601. The Morgan fingerprint density at radius 1 is 1.32 bits per heavy atom. The Labute approximate surface area is 177 Å². The molecular weight excluding hydrogens is 416 g/mol. The molecule has 150 valence electrons. The first-order valence-electron chi connectivity index (χ1n) is 9.42. The number of urea groups is 1. The fraction of sp³-hybridized carbons (Fsp3) is 0.556. The van der Waals surface area contributed by atoms with E-state index in [1.807, 2.05) is 58.9 Å². The molecule has 2 spiro atoms. The van der Waals surface area contributed by atoms with Gasteiger partial charge in [-0.05, 0) is 48.7 Å². The highest BCUT2D eigenvalue weighted by Gasteiger charge is 2.75. The third kappa shape index (κ3) is 2.51. The van der Waals surface area contributed by atoms with Gasteiger partial charge in [-0.3, -0.25) is 5.01 Å². The molecule has 7 nitrogen and oxygen atoms in total. The zero-order chi connectivity index (χ0) is 19.4. The number of nitrogens with one attached hydrogen (secondary N) is 2. The number of aliphatic hydroxyl groups excluding tert-OH is 1. The Morgan fingerprint density at radius 3 is 2.79 bits per heavy atom. The van der Waals surface area contributed by atoms with Crippen molar-refractivity contribution in [3.8, 4) is 5.75 Å². The maximum absolute atomic E-state index is 12.4. The highest BCUT2D eigenvalue weighted by Crippen LogP contribution is 2.61. The van der Waals surface area contributed by atoms with Gasteiger partial charge in [-0.15, -0.1) is 23.5 Å². The average Bonchev–Trinajstić information content (AvgIpc) is 3.28. The number of para-hydroxylation sites is 1. The molecule has 4 fully saturated rings. The molecular formula is C18H22N4O3S3. The summed E-state index contributed by atoms with van der Waals surface area (Å²) in [7, 11) is 0. The van der Waals surface area contributed by atoms with Crippen LogP contribution >= 0.6 is 35.7 Å². The maximum atomic E-state index is 12.4. The average molecular weight is 439 g/mol. The third-order valence-corrected chi connectivity index (χ3v) is 9.85. The van der Waals surface area contributed by atoms with Gasteiger partial charge in [-0.1, -0.05) is 18.2 Å². The minimum Gasteiger partial charge on any atom is -0.431 e. The largest absolute Gasteiger partial charge is 0.431 e. The molecule has 0 saturated carbocycles. The Bertz CT molecular complexity index is 792. The van der Waals surface area contributed by atoms with Crippen molar-refractivity contribution in [1.82, 2.24) is 20.7 Å². The van der Waals surface area contributed by atoms with Crippen molar-refractivity contribution in [1.29, 1.82) is 0 Å². The van der Waals surface area contributed by atoms with E-state index in [-0.39, 0.29) is 34.0 Å². The number of thioether (sulfide) groups is 2. The van der Waals surface area contributed by atoms with Crippen LogP contribution in [0.5, 0.6) is 5.75 Å². The van der Waals surface area contributed by atoms with E-state index in [1.165, 1.54) is 6.42 Å². The molecule has 4 heterocycles. The molecule has 28 heavy (non-hydrogen) atoms. The lowest BCUT2D eigenvalue weighted by atomic mass is 9.94. The number of amides is 2. The Morgan fingerprint density at radius 2 is 2.07 bits per heavy atom. The summed E-state index contributed by atoms with van der Waals surface area (Å²) in [6, 6.07) is 8.57. The second-order valence-corrected chi connectivity index (χ2v) is 10.7. The highest BCUT2D eigenvalue weighted by atomic mass is 32.2. The summed E-state index contributed by atoms with van der Waals surface area (Å²) in [5.74, 6) is 2.79. The van der Waals surface area contributed by atoms with E-state index < -0.39 is 5.66 Å². The third-order valence-electron chi connectivity index (χ3n) is 5.92. The summed E-state index contributed by atoms with van der Waals surface area (Å²) < 4.78 is 5.79. The van der Waals surface area contributed by atoms with Gasteiger partial charge in [0.15, 0.2) is 5.66 Å². The minimum atomic E-state index is -0.628. The number of carbonyl (C=O) groups is 1. The standard InChI is InChI=1S/C18H22N4O3S3/c23-11-13-14-18(20-15(24)19-14)17(27-9-4-10-28-17)7-8-21(18)22(13)16(26)25-12-5-2-1-3-6-12/h1-3,5-6,13-14,23H,4,7-11H2,(H2,19,20,24). The van der Waals surface area contributed by atoms with E-state index in [4.69, 9.17) is 17.0 Å². The molecule has 10 heteroatoms. The lowest BCUT2D eigenvalue weighted by molar-refractivity contribution is -0.00259. The first-order valence-corrected chi connectivity index (χ1v) is 11.8. The van der Waals surface area contributed by atoms with E-state index in [9.17, 15) is 9.90 Å². The summed E-state index contributed by atoms with van der Waals surface area (Å²) in [4.78, 5) is 12.4. The van der Waals surface area contributed by atoms with Crippen LogP contribution in [0.15, 0.2) is 30.3 Å². The van der Waals surface area contributed by atoms with E-state index in [0.717, 1.165) is 24.5 Å². The predicted molar refractivity (Wildman–Crippen MR) is 114 cm³/mol. The van der Waals surface area contributed by atoms with Crippen LogP contribution in [0.3, 0.4) is 0 Å². The first kappa shape index (κ1) is 18.8. The van der Waals surface area contributed by atoms with E-state index in [0.29, 0.717) is 5.75 Å². The predicted octanol–water partition coefficient (Wildman–Crippen LogP) is 1.59. The Balaban J connectivity index is 1.52. The Kier molecular flexibility index (Phi) is 4.66. The van der Waals surface area contributed by atoms with E-state index in [1.54, 1.807) is 0 Å². The molecule has 1 aromatic rings. The van der Waals surface area contributed by atoms with Crippen LogP contribution in [0.4, 0.5) is 4.79 Å². The Hall–Kier alpha value is -1.20. The van der Waals surface area contributed by atoms with Crippen LogP contribution in [0.25, 0.3) is 0 Å². The van der Waals surface area contributed by atoms with Crippen molar-refractivity contribution < 1.29 is 14.6 Å². The number of thiocarbonyl (C=S) groups is 1. The molecule has 1 aromatic carbocycles. The van der Waals surface area contributed by atoms with Gasteiger partial charge in [-0.2, -0.15) is 5.01 Å². The van der Waals surface area contributed by atoms with E-state index in [2.05, 4.69) is 15.6 Å². The smallest absolute Gasteiger partial charge is 0.316 e. The number of rotatable bonds is 2. The molecule has 5 rings (SSSR count). The maximum Gasteiger partial charge on any atom is 0.316 e. The van der Waals surface area contributed by atoms with Crippen LogP contribution in [-0.2, 0) is 0 Å². The molecule has 0 radical (unpaired) electrons. The van der Waals surface area contributed by atoms with Crippen molar-refractivity contribution in [2.24, 2.45) is 0 Å². The summed E-state index contributed by atoms with van der Waals surface area (Å²) in [6.07, 6.45) is 2.10. The van der Waals surface area contributed by atoms with Crippen LogP contribution in [0, 0.1) is 0 Å². The van der Waals surface area contributed by atoms with Crippen LogP contribution in [0.1, 0.15) is 12.8 Å². The zero-order valence-electron chi connectivity index (χ0n) is 15.2. The van der Waals surface area contributed by atoms with Crippen LogP contribution in [0.2, 0.25) is 0 Å².